The molecule has 1 aliphatic rings. The number of hydrogen-bond donors (Lipinski definition) is 1. The standard InChI is InChI=1S/C18H19BrN2O/c1-13-11-20-8-7-15(13)9-14-3-2-4-17(10-14)22-18-6-5-16(19)12-21-18/h2-6,9-10,12-13,20H,7-8,11H2,1H3. The normalized spacial score (nSPS) is 20.1. The molecule has 1 N–H and O–H groups in total. The molecule has 0 aliphatic carbocycles. The van der Waals surface area contributed by atoms with Crippen molar-refractivity contribution in [3.63, 3.8) is 0 Å². The maximum atomic E-state index is 5.82. The molecule has 0 spiro atoms. The van der Waals surface area contributed by atoms with Crippen molar-refractivity contribution in [3.05, 3.63) is 58.2 Å². The molecular formula is C18H19BrN2O. The van der Waals surface area contributed by atoms with E-state index in [9.17, 15) is 0 Å². The summed E-state index contributed by atoms with van der Waals surface area (Å²) in [6.45, 7) is 4.39. The molecule has 3 nitrogen and oxygen atoms in total. The van der Waals surface area contributed by atoms with Gasteiger partial charge in [0, 0.05) is 23.3 Å². The van der Waals surface area contributed by atoms with Gasteiger partial charge in [-0.05, 0) is 58.6 Å². The minimum absolute atomic E-state index is 0.589. The number of nitrogens with zero attached hydrogens (tertiary/aromatic N) is 1. The largest absolute Gasteiger partial charge is 0.439 e. The number of ether oxygens (including phenoxy) is 1. The van der Waals surface area contributed by atoms with Crippen molar-refractivity contribution in [1.29, 1.82) is 0 Å². The lowest BCUT2D eigenvalue weighted by Gasteiger charge is -2.23. The van der Waals surface area contributed by atoms with Gasteiger partial charge in [-0.1, -0.05) is 30.7 Å². The summed E-state index contributed by atoms with van der Waals surface area (Å²) in [5, 5.41) is 3.42. The predicted octanol–water partition coefficient (Wildman–Crippen LogP) is 4.65. The van der Waals surface area contributed by atoms with Crippen LogP contribution in [0, 0.1) is 5.92 Å². The SMILES string of the molecule is CC1CNCCC1=Cc1cccc(Oc2ccc(Br)cn2)c1. The van der Waals surface area contributed by atoms with E-state index in [1.807, 2.05) is 24.3 Å². The van der Waals surface area contributed by atoms with E-state index in [-0.39, 0.29) is 0 Å². The molecule has 0 amide bonds. The summed E-state index contributed by atoms with van der Waals surface area (Å²) in [5.74, 6) is 2.00. The lowest BCUT2D eigenvalue weighted by molar-refractivity contribution is 0.462. The van der Waals surface area contributed by atoms with E-state index in [2.05, 4.69) is 51.4 Å². The van der Waals surface area contributed by atoms with Crippen molar-refractivity contribution >= 4 is 22.0 Å². The Morgan fingerprint density at radius 3 is 3.00 bits per heavy atom. The van der Waals surface area contributed by atoms with Crippen LogP contribution in [0.3, 0.4) is 0 Å². The second-order valence-electron chi connectivity index (χ2n) is 5.56. The Bertz CT molecular complexity index is 667. The minimum atomic E-state index is 0.589. The molecule has 4 heteroatoms. The molecule has 1 saturated heterocycles. The van der Waals surface area contributed by atoms with Crippen LogP contribution in [0.5, 0.6) is 11.6 Å². The molecule has 0 saturated carbocycles. The van der Waals surface area contributed by atoms with Gasteiger partial charge in [0.2, 0.25) is 5.88 Å². The van der Waals surface area contributed by atoms with E-state index in [1.165, 1.54) is 11.1 Å². The number of piperidine rings is 1. The van der Waals surface area contributed by atoms with Gasteiger partial charge in [0.05, 0.1) is 0 Å². The van der Waals surface area contributed by atoms with Crippen LogP contribution in [-0.4, -0.2) is 18.1 Å². The van der Waals surface area contributed by atoms with Crippen LogP contribution in [0.2, 0.25) is 0 Å². The third-order valence-corrected chi connectivity index (χ3v) is 4.28. The Kier molecular flexibility index (Phi) is 4.90. The first-order valence-electron chi connectivity index (χ1n) is 7.51. The predicted molar refractivity (Wildman–Crippen MR) is 93.1 cm³/mol. The number of hydrogen-bond acceptors (Lipinski definition) is 3. The van der Waals surface area contributed by atoms with Crippen LogP contribution in [0.1, 0.15) is 18.9 Å². The fourth-order valence-electron chi connectivity index (χ4n) is 2.57. The molecule has 1 fully saturated rings. The lowest BCUT2D eigenvalue weighted by Crippen LogP contribution is -2.29. The number of aromatic nitrogens is 1. The zero-order valence-corrected chi connectivity index (χ0v) is 14.1. The van der Waals surface area contributed by atoms with Crippen LogP contribution in [0.15, 0.2) is 52.6 Å². The molecule has 1 unspecified atom stereocenters. The molecule has 3 rings (SSSR count). The Hall–Kier alpha value is -1.65. The van der Waals surface area contributed by atoms with Crippen molar-refractivity contribution in [2.24, 2.45) is 5.92 Å². The van der Waals surface area contributed by atoms with Crippen molar-refractivity contribution in [1.82, 2.24) is 10.3 Å². The number of pyridine rings is 1. The summed E-state index contributed by atoms with van der Waals surface area (Å²) in [4.78, 5) is 4.24. The van der Waals surface area contributed by atoms with Crippen molar-refractivity contribution in [2.45, 2.75) is 13.3 Å². The van der Waals surface area contributed by atoms with Crippen LogP contribution < -0.4 is 10.1 Å². The maximum Gasteiger partial charge on any atom is 0.219 e. The zero-order valence-electron chi connectivity index (χ0n) is 12.6. The Morgan fingerprint density at radius 2 is 2.23 bits per heavy atom. The van der Waals surface area contributed by atoms with Crippen LogP contribution in [-0.2, 0) is 0 Å². The first-order chi connectivity index (χ1) is 10.7. The summed E-state index contributed by atoms with van der Waals surface area (Å²) in [6.07, 6.45) is 5.13. The molecule has 1 atom stereocenters. The first-order valence-corrected chi connectivity index (χ1v) is 8.31. The van der Waals surface area contributed by atoms with Crippen molar-refractivity contribution < 1.29 is 4.74 Å². The summed E-state index contributed by atoms with van der Waals surface area (Å²) >= 11 is 3.37. The molecular weight excluding hydrogens is 340 g/mol. The molecule has 2 heterocycles. The van der Waals surface area contributed by atoms with Gasteiger partial charge in [0.25, 0.3) is 0 Å². The van der Waals surface area contributed by atoms with Gasteiger partial charge in [-0.3, -0.25) is 0 Å². The summed E-state index contributed by atoms with van der Waals surface area (Å²) in [6, 6.07) is 11.9. The fourth-order valence-corrected chi connectivity index (χ4v) is 2.80. The number of nitrogens with one attached hydrogen (secondary N) is 1. The Balaban J connectivity index is 1.77. The molecule has 2 aromatic rings. The van der Waals surface area contributed by atoms with E-state index in [4.69, 9.17) is 4.74 Å². The van der Waals surface area contributed by atoms with Gasteiger partial charge >= 0.3 is 0 Å². The summed E-state index contributed by atoms with van der Waals surface area (Å²) < 4.78 is 6.76. The average molecular weight is 359 g/mol. The highest BCUT2D eigenvalue weighted by Crippen LogP contribution is 2.25. The fraction of sp³-hybridized carbons (Fsp3) is 0.278. The van der Waals surface area contributed by atoms with E-state index < -0.39 is 0 Å². The highest BCUT2D eigenvalue weighted by molar-refractivity contribution is 9.10. The molecule has 22 heavy (non-hydrogen) atoms. The van der Waals surface area contributed by atoms with E-state index in [1.54, 1.807) is 6.20 Å². The first kappa shape index (κ1) is 15.3. The smallest absolute Gasteiger partial charge is 0.219 e. The van der Waals surface area contributed by atoms with E-state index in [0.29, 0.717) is 11.8 Å². The third-order valence-electron chi connectivity index (χ3n) is 3.81. The van der Waals surface area contributed by atoms with Gasteiger partial charge in [0.1, 0.15) is 5.75 Å². The maximum absolute atomic E-state index is 5.82. The summed E-state index contributed by atoms with van der Waals surface area (Å²) in [5.41, 5.74) is 2.68. The number of benzene rings is 1. The van der Waals surface area contributed by atoms with Gasteiger partial charge < -0.3 is 10.1 Å². The minimum Gasteiger partial charge on any atom is -0.439 e. The molecule has 1 aromatic carbocycles. The van der Waals surface area contributed by atoms with E-state index in [0.717, 1.165) is 29.7 Å². The van der Waals surface area contributed by atoms with E-state index >= 15 is 0 Å². The average Bonchev–Trinajstić information content (AvgIpc) is 2.52. The molecule has 0 bridgehead atoms. The second kappa shape index (κ2) is 7.07. The topological polar surface area (TPSA) is 34.1 Å². The molecule has 0 radical (unpaired) electrons. The molecule has 114 valence electrons. The monoisotopic (exact) mass is 358 g/mol. The summed E-state index contributed by atoms with van der Waals surface area (Å²) in [7, 11) is 0. The van der Waals surface area contributed by atoms with Crippen LogP contribution in [0.25, 0.3) is 6.08 Å². The quantitative estimate of drug-likeness (QED) is 0.866. The highest BCUT2D eigenvalue weighted by Gasteiger charge is 2.13. The Labute approximate surface area is 139 Å². The highest BCUT2D eigenvalue weighted by atomic mass is 79.9. The van der Waals surface area contributed by atoms with Crippen molar-refractivity contribution in [3.8, 4) is 11.6 Å². The third kappa shape index (κ3) is 3.96. The zero-order chi connectivity index (χ0) is 15.4. The van der Waals surface area contributed by atoms with Gasteiger partial charge in [-0.25, -0.2) is 4.98 Å². The van der Waals surface area contributed by atoms with Gasteiger partial charge in [-0.2, -0.15) is 0 Å². The molecule has 1 aliphatic heterocycles. The Morgan fingerprint density at radius 1 is 1.32 bits per heavy atom. The van der Waals surface area contributed by atoms with Gasteiger partial charge in [-0.15, -0.1) is 0 Å². The second-order valence-corrected chi connectivity index (χ2v) is 6.48. The number of rotatable bonds is 3. The van der Waals surface area contributed by atoms with Crippen LogP contribution >= 0.6 is 15.9 Å². The number of halogens is 1. The molecule has 1 aromatic heterocycles. The van der Waals surface area contributed by atoms with Gasteiger partial charge in [0.15, 0.2) is 0 Å². The van der Waals surface area contributed by atoms with Crippen molar-refractivity contribution in [2.75, 3.05) is 13.1 Å². The van der Waals surface area contributed by atoms with Crippen LogP contribution in [0.4, 0.5) is 0 Å². The lowest BCUT2D eigenvalue weighted by atomic mass is 9.93.